The van der Waals surface area contributed by atoms with Gasteiger partial charge in [0.25, 0.3) is 0 Å². The maximum absolute atomic E-state index is 2.47. The third kappa shape index (κ3) is 14.2. The summed E-state index contributed by atoms with van der Waals surface area (Å²) >= 11 is 0. The van der Waals surface area contributed by atoms with Gasteiger partial charge in [-0.2, -0.15) is 0 Å². The summed E-state index contributed by atoms with van der Waals surface area (Å²) in [7, 11) is 0. The Kier molecular flexibility index (Phi) is 16.6. The highest BCUT2D eigenvalue weighted by molar-refractivity contribution is 4.84. The van der Waals surface area contributed by atoms with Gasteiger partial charge in [0, 0.05) is 0 Å². The van der Waals surface area contributed by atoms with Gasteiger partial charge < -0.3 is 0 Å². The van der Waals surface area contributed by atoms with Gasteiger partial charge in [-0.05, 0) is 25.2 Å². The minimum Gasteiger partial charge on any atom is -0.0885 e. The first kappa shape index (κ1) is 19.7. The number of unbranched alkanes of at least 4 members (excludes halogenated alkanes) is 8. The molecule has 0 heteroatoms. The second-order valence-corrected chi connectivity index (χ2v) is 6.41. The molecule has 0 aromatic rings. The Morgan fingerprint density at radius 1 is 0.600 bits per heavy atom. The molecule has 1 atom stereocenters. The number of hydrogen-bond donors (Lipinski definition) is 0. The maximum atomic E-state index is 2.47. The van der Waals surface area contributed by atoms with Crippen molar-refractivity contribution in [2.75, 3.05) is 0 Å². The molecule has 0 aliphatic carbocycles. The minimum absolute atomic E-state index is 0.952. The summed E-state index contributed by atoms with van der Waals surface area (Å²) < 4.78 is 0. The van der Waals surface area contributed by atoms with E-state index in [2.05, 4.69) is 32.9 Å². The lowest BCUT2D eigenvalue weighted by Crippen LogP contribution is -1.99. The molecule has 0 fully saturated rings. The van der Waals surface area contributed by atoms with Crippen molar-refractivity contribution in [2.45, 2.75) is 111 Å². The van der Waals surface area contributed by atoms with E-state index in [-0.39, 0.29) is 0 Å². The van der Waals surface area contributed by atoms with Crippen LogP contribution >= 0.6 is 0 Å². The van der Waals surface area contributed by atoms with Gasteiger partial charge in [0.05, 0.1) is 0 Å². The van der Waals surface area contributed by atoms with Gasteiger partial charge in [-0.15, -0.1) is 0 Å². The van der Waals surface area contributed by atoms with Gasteiger partial charge in [-0.1, -0.05) is 104 Å². The summed E-state index contributed by atoms with van der Waals surface area (Å²) in [5.41, 5.74) is 0. The van der Waals surface area contributed by atoms with Crippen LogP contribution < -0.4 is 0 Å². The molecule has 0 amide bonds. The highest BCUT2D eigenvalue weighted by atomic mass is 14.1. The van der Waals surface area contributed by atoms with Crippen molar-refractivity contribution in [1.29, 1.82) is 0 Å². The molecule has 0 saturated carbocycles. The Balaban J connectivity index is 3.59. The van der Waals surface area contributed by atoms with E-state index in [0.29, 0.717) is 0 Å². The highest BCUT2D eigenvalue weighted by Crippen LogP contribution is 2.20. The third-order valence-corrected chi connectivity index (χ3v) is 4.27. The molecule has 0 heterocycles. The van der Waals surface area contributed by atoms with Crippen molar-refractivity contribution in [3.63, 3.8) is 0 Å². The van der Waals surface area contributed by atoms with Crippen LogP contribution in [-0.2, 0) is 0 Å². The van der Waals surface area contributed by atoms with Crippen LogP contribution in [0.5, 0.6) is 0 Å². The van der Waals surface area contributed by atoms with Crippen LogP contribution in [0, 0.1) is 5.92 Å². The summed E-state index contributed by atoms with van der Waals surface area (Å²) in [6, 6.07) is 0. The fourth-order valence-electron chi connectivity index (χ4n) is 2.92. The molecule has 0 aromatic carbocycles. The maximum Gasteiger partial charge on any atom is -0.0322 e. The molecular weight excluding hydrogens is 240 g/mol. The molecule has 1 unspecified atom stereocenters. The molecule has 0 radical (unpaired) electrons. The summed E-state index contributed by atoms with van der Waals surface area (Å²) in [6.07, 6.45) is 24.5. The second-order valence-electron chi connectivity index (χ2n) is 6.41. The van der Waals surface area contributed by atoms with Crippen molar-refractivity contribution in [1.82, 2.24) is 0 Å². The summed E-state index contributed by atoms with van der Waals surface area (Å²) in [5.74, 6) is 0.952. The lowest BCUT2D eigenvalue weighted by atomic mass is 9.92. The molecule has 120 valence electrons. The summed E-state index contributed by atoms with van der Waals surface area (Å²) in [5, 5.41) is 0. The van der Waals surface area contributed by atoms with Crippen LogP contribution in [0.1, 0.15) is 111 Å². The first-order chi connectivity index (χ1) is 9.85. The van der Waals surface area contributed by atoms with Gasteiger partial charge in [-0.25, -0.2) is 0 Å². The molecule has 0 aliphatic heterocycles. The predicted octanol–water partition coefficient (Wildman–Crippen LogP) is 7.68. The SMILES string of the molecule is CCCCCC=CCC(CCC)CCCCCCCC. The Morgan fingerprint density at radius 2 is 1.25 bits per heavy atom. The molecule has 0 N–H and O–H groups in total. The van der Waals surface area contributed by atoms with Gasteiger partial charge in [-0.3, -0.25) is 0 Å². The average Bonchev–Trinajstić information content (AvgIpc) is 2.46. The Labute approximate surface area is 129 Å². The molecule has 0 bridgehead atoms. The van der Waals surface area contributed by atoms with Crippen molar-refractivity contribution < 1.29 is 0 Å². The van der Waals surface area contributed by atoms with Crippen LogP contribution in [0.15, 0.2) is 12.2 Å². The smallest absolute Gasteiger partial charge is 0.0322 e. The monoisotopic (exact) mass is 280 g/mol. The zero-order valence-electron chi connectivity index (χ0n) is 14.6. The van der Waals surface area contributed by atoms with Crippen molar-refractivity contribution in [3.8, 4) is 0 Å². The normalized spacial score (nSPS) is 13.2. The highest BCUT2D eigenvalue weighted by Gasteiger charge is 2.05. The fraction of sp³-hybridized carbons (Fsp3) is 0.900. The van der Waals surface area contributed by atoms with E-state index >= 15 is 0 Å². The minimum atomic E-state index is 0.952. The zero-order valence-corrected chi connectivity index (χ0v) is 14.6. The van der Waals surface area contributed by atoms with Gasteiger partial charge >= 0.3 is 0 Å². The van der Waals surface area contributed by atoms with Gasteiger partial charge in [0.2, 0.25) is 0 Å². The molecular formula is C20H40. The van der Waals surface area contributed by atoms with E-state index in [4.69, 9.17) is 0 Å². The van der Waals surface area contributed by atoms with Crippen LogP contribution in [0.3, 0.4) is 0 Å². The van der Waals surface area contributed by atoms with Crippen LogP contribution in [-0.4, -0.2) is 0 Å². The predicted molar refractivity (Wildman–Crippen MR) is 94.3 cm³/mol. The lowest BCUT2D eigenvalue weighted by molar-refractivity contribution is 0.422. The standard InChI is InChI=1S/C20H40/c1-4-7-9-11-13-15-18-20(17-6-3)19-16-14-12-10-8-5-2/h13,15,20H,4-12,14,16-19H2,1-3H3. The average molecular weight is 281 g/mol. The first-order valence-electron chi connectivity index (χ1n) is 9.50. The van der Waals surface area contributed by atoms with Crippen molar-refractivity contribution in [3.05, 3.63) is 12.2 Å². The topological polar surface area (TPSA) is 0 Å². The molecule has 0 rings (SSSR count). The van der Waals surface area contributed by atoms with Crippen LogP contribution in [0.25, 0.3) is 0 Å². The Hall–Kier alpha value is -0.260. The van der Waals surface area contributed by atoms with E-state index in [1.54, 1.807) is 0 Å². The summed E-state index contributed by atoms with van der Waals surface area (Å²) in [6.45, 7) is 6.91. The van der Waals surface area contributed by atoms with E-state index in [0.717, 1.165) is 5.92 Å². The lowest BCUT2D eigenvalue weighted by Gasteiger charge is -2.13. The van der Waals surface area contributed by atoms with E-state index < -0.39 is 0 Å². The number of allylic oxidation sites excluding steroid dienone is 2. The quantitative estimate of drug-likeness (QED) is 0.213. The van der Waals surface area contributed by atoms with Crippen LogP contribution in [0.4, 0.5) is 0 Å². The zero-order chi connectivity index (χ0) is 14.9. The van der Waals surface area contributed by atoms with Crippen LogP contribution in [0.2, 0.25) is 0 Å². The summed E-state index contributed by atoms with van der Waals surface area (Å²) in [4.78, 5) is 0. The Morgan fingerprint density at radius 3 is 1.95 bits per heavy atom. The van der Waals surface area contributed by atoms with Crippen molar-refractivity contribution in [2.24, 2.45) is 5.92 Å². The molecule has 0 nitrogen and oxygen atoms in total. The van der Waals surface area contributed by atoms with E-state index in [1.165, 1.54) is 89.9 Å². The molecule has 20 heavy (non-hydrogen) atoms. The molecule has 0 spiro atoms. The van der Waals surface area contributed by atoms with E-state index in [1.807, 2.05) is 0 Å². The fourth-order valence-corrected chi connectivity index (χ4v) is 2.92. The Bertz CT molecular complexity index is 192. The number of hydrogen-bond acceptors (Lipinski definition) is 0. The van der Waals surface area contributed by atoms with E-state index in [9.17, 15) is 0 Å². The third-order valence-electron chi connectivity index (χ3n) is 4.27. The first-order valence-corrected chi connectivity index (χ1v) is 9.50. The largest absolute Gasteiger partial charge is 0.0885 e. The molecule has 0 aliphatic rings. The van der Waals surface area contributed by atoms with Gasteiger partial charge in [0.1, 0.15) is 0 Å². The number of rotatable bonds is 15. The second kappa shape index (κ2) is 16.8. The van der Waals surface area contributed by atoms with Gasteiger partial charge in [0.15, 0.2) is 0 Å². The molecule has 0 aromatic heterocycles. The van der Waals surface area contributed by atoms with Crippen molar-refractivity contribution >= 4 is 0 Å². The molecule has 0 saturated heterocycles.